The first kappa shape index (κ1) is 12.7. The van der Waals surface area contributed by atoms with Gasteiger partial charge in [0, 0.05) is 18.4 Å². The maximum absolute atomic E-state index is 11.2. The molecule has 1 rings (SSSR count). The van der Waals surface area contributed by atoms with E-state index in [1.807, 2.05) is 13.8 Å². The van der Waals surface area contributed by atoms with Gasteiger partial charge in [-0.05, 0) is 12.8 Å². The zero-order chi connectivity index (χ0) is 12.3. The maximum Gasteiger partial charge on any atom is 0.330 e. The van der Waals surface area contributed by atoms with Gasteiger partial charge in [0.05, 0.1) is 7.11 Å². The van der Waals surface area contributed by atoms with E-state index in [9.17, 15) is 9.59 Å². The standard InChI is InChI=1S/C12H18O4/c1-8(13)16-10-6-5-9(12(10,2)3)7-11(14)15-4/h7,10H,5-6H2,1-4H3/b9-7+. The van der Waals surface area contributed by atoms with Gasteiger partial charge in [0.1, 0.15) is 6.10 Å². The molecule has 0 amide bonds. The monoisotopic (exact) mass is 226 g/mol. The van der Waals surface area contributed by atoms with E-state index < -0.39 is 0 Å². The number of ether oxygens (including phenoxy) is 2. The normalized spacial score (nSPS) is 25.5. The number of esters is 2. The molecule has 0 spiro atoms. The Labute approximate surface area is 95.6 Å². The van der Waals surface area contributed by atoms with Crippen molar-refractivity contribution in [3.8, 4) is 0 Å². The van der Waals surface area contributed by atoms with Gasteiger partial charge in [-0.15, -0.1) is 0 Å². The highest BCUT2D eigenvalue weighted by atomic mass is 16.5. The molecule has 0 bridgehead atoms. The number of rotatable bonds is 2. The molecule has 0 aromatic heterocycles. The lowest BCUT2D eigenvalue weighted by molar-refractivity contribution is -0.149. The van der Waals surface area contributed by atoms with Crippen molar-refractivity contribution in [2.75, 3.05) is 7.11 Å². The van der Waals surface area contributed by atoms with Crippen LogP contribution in [0.5, 0.6) is 0 Å². The summed E-state index contributed by atoms with van der Waals surface area (Å²) < 4.78 is 9.84. The van der Waals surface area contributed by atoms with Crippen LogP contribution in [0.15, 0.2) is 11.6 Å². The molecule has 0 aromatic rings. The first-order chi connectivity index (χ1) is 7.37. The van der Waals surface area contributed by atoms with Crippen molar-refractivity contribution in [1.29, 1.82) is 0 Å². The minimum atomic E-state index is -0.355. The van der Waals surface area contributed by atoms with Gasteiger partial charge in [-0.3, -0.25) is 4.79 Å². The Hall–Kier alpha value is -1.32. The van der Waals surface area contributed by atoms with E-state index >= 15 is 0 Å². The topological polar surface area (TPSA) is 52.6 Å². The van der Waals surface area contributed by atoms with E-state index in [4.69, 9.17) is 4.74 Å². The molecular weight excluding hydrogens is 208 g/mol. The predicted octanol–water partition coefficient (Wildman–Crippen LogP) is 1.84. The molecule has 0 radical (unpaired) electrons. The average molecular weight is 226 g/mol. The lowest BCUT2D eigenvalue weighted by Crippen LogP contribution is -2.29. The third-order valence-electron chi connectivity index (χ3n) is 3.11. The van der Waals surface area contributed by atoms with Gasteiger partial charge in [-0.25, -0.2) is 4.79 Å². The van der Waals surface area contributed by atoms with E-state index in [0.29, 0.717) is 0 Å². The summed E-state index contributed by atoms with van der Waals surface area (Å²) in [4.78, 5) is 22.1. The summed E-state index contributed by atoms with van der Waals surface area (Å²) in [6.45, 7) is 5.35. The summed E-state index contributed by atoms with van der Waals surface area (Å²) in [5.74, 6) is -0.635. The van der Waals surface area contributed by atoms with Gasteiger partial charge < -0.3 is 9.47 Å². The first-order valence-electron chi connectivity index (χ1n) is 5.34. The molecule has 16 heavy (non-hydrogen) atoms. The van der Waals surface area contributed by atoms with Gasteiger partial charge >= 0.3 is 11.9 Å². The summed E-state index contributed by atoms with van der Waals surface area (Å²) in [5, 5.41) is 0. The molecule has 1 unspecified atom stereocenters. The predicted molar refractivity (Wildman–Crippen MR) is 58.7 cm³/mol. The second-order valence-electron chi connectivity index (χ2n) is 4.55. The highest BCUT2D eigenvalue weighted by Crippen LogP contribution is 2.44. The molecule has 1 fully saturated rings. The molecule has 1 saturated carbocycles. The van der Waals surface area contributed by atoms with E-state index in [2.05, 4.69) is 4.74 Å². The first-order valence-corrected chi connectivity index (χ1v) is 5.34. The third kappa shape index (κ3) is 2.62. The fourth-order valence-corrected chi connectivity index (χ4v) is 2.04. The van der Waals surface area contributed by atoms with Gasteiger partial charge in [0.2, 0.25) is 0 Å². The summed E-state index contributed by atoms with van der Waals surface area (Å²) in [7, 11) is 1.35. The molecule has 90 valence electrons. The van der Waals surface area contributed by atoms with E-state index in [1.54, 1.807) is 0 Å². The van der Waals surface area contributed by atoms with Crippen LogP contribution in [0.4, 0.5) is 0 Å². The highest BCUT2D eigenvalue weighted by Gasteiger charge is 2.41. The van der Waals surface area contributed by atoms with Crippen molar-refractivity contribution in [3.63, 3.8) is 0 Å². The molecule has 0 heterocycles. The Morgan fingerprint density at radius 3 is 2.56 bits per heavy atom. The van der Waals surface area contributed by atoms with Gasteiger partial charge in [0.15, 0.2) is 0 Å². The molecule has 0 N–H and O–H groups in total. The number of methoxy groups -OCH3 is 1. The smallest absolute Gasteiger partial charge is 0.330 e. The zero-order valence-corrected chi connectivity index (χ0v) is 10.2. The quantitative estimate of drug-likeness (QED) is 0.532. The Bertz CT molecular complexity index is 328. The molecule has 4 heteroatoms. The molecule has 1 atom stereocenters. The van der Waals surface area contributed by atoms with Crippen LogP contribution in [0.2, 0.25) is 0 Å². The van der Waals surface area contributed by atoms with Crippen LogP contribution in [-0.4, -0.2) is 25.2 Å². The fourth-order valence-electron chi connectivity index (χ4n) is 2.04. The third-order valence-corrected chi connectivity index (χ3v) is 3.11. The number of hydrogen-bond donors (Lipinski definition) is 0. The highest BCUT2D eigenvalue weighted by molar-refractivity contribution is 5.83. The molecule has 4 nitrogen and oxygen atoms in total. The molecule has 1 aliphatic carbocycles. The second kappa shape index (κ2) is 4.68. The van der Waals surface area contributed by atoms with E-state index in [0.717, 1.165) is 18.4 Å². The molecule has 0 saturated heterocycles. The Morgan fingerprint density at radius 2 is 2.06 bits per heavy atom. The minimum Gasteiger partial charge on any atom is -0.466 e. The van der Waals surface area contributed by atoms with E-state index in [-0.39, 0.29) is 23.5 Å². The lowest BCUT2D eigenvalue weighted by atomic mass is 9.84. The lowest BCUT2D eigenvalue weighted by Gasteiger charge is -2.27. The SMILES string of the molecule is COC(=O)/C=C1\CCC(OC(C)=O)C1(C)C. The van der Waals surface area contributed by atoms with Crippen molar-refractivity contribution >= 4 is 11.9 Å². The van der Waals surface area contributed by atoms with E-state index in [1.165, 1.54) is 20.1 Å². The summed E-state index contributed by atoms with van der Waals surface area (Å²) in [6.07, 6.45) is 2.87. The van der Waals surface area contributed by atoms with Crippen LogP contribution in [0.1, 0.15) is 33.6 Å². The maximum atomic E-state index is 11.2. The van der Waals surface area contributed by atoms with Crippen LogP contribution in [0.25, 0.3) is 0 Å². The van der Waals surface area contributed by atoms with Crippen molar-refractivity contribution < 1.29 is 19.1 Å². The van der Waals surface area contributed by atoms with Gasteiger partial charge in [-0.2, -0.15) is 0 Å². The van der Waals surface area contributed by atoms with Crippen molar-refractivity contribution in [3.05, 3.63) is 11.6 Å². The van der Waals surface area contributed by atoms with Crippen LogP contribution >= 0.6 is 0 Å². The summed E-state index contributed by atoms with van der Waals surface area (Å²) in [5.41, 5.74) is 0.686. The van der Waals surface area contributed by atoms with Crippen LogP contribution in [0.3, 0.4) is 0 Å². The largest absolute Gasteiger partial charge is 0.466 e. The number of hydrogen-bond acceptors (Lipinski definition) is 4. The second-order valence-corrected chi connectivity index (χ2v) is 4.55. The number of carbonyl (C=O) groups is 2. The van der Waals surface area contributed by atoms with Crippen LogP contribution in [-0.2, 0) is 19.1 Å². The Morgan fingerprint density at radius 1 is 1.44 bits per heavy atom. The fraction of sp³-hybridized carbons (Fsp3) is 0.667. The van der Waals surface area contributed by atoms with Gasteiger partial charge in [0.25, 0.3) is 0 Å². The Kier molecular flexibility index (Phi) is 3.73. The summed E-state index contributed by atoms with van der Waals surface area (Å²) in [6, 6.07) is 0. The average Bonchev–Trinajstić information content (AvgIpc) is 2.44. The van der Waals surface area contributed by atoms with Crippen LogP contribution < -0.4 is 0 Å². The van der Waals surface area contributed by atoms with Crippen molar-refractivity contribution in [1.82, 2.24) is 0 Å². The van der Waals surface area contributed by atoms with Crippen LogP contribution in [0, 0.1) is 5.41 Å². The van der Waals surface area contributed by atoms with Crippen molar-refractivity contribution in [2.24, 2.45) is 5.41 Å². The summed E-state index contributed by atoms with van der Waals surface area (Å²) >= 11 is 0. The minimum absolute atomic E-state index is 0.152. The molecule has 1 aliphatic rings. The Balaban J connectivity index is 2.83. The van der Waals surface area contributed by atoms with Crippen molar-refractivity contribution in [2.45, 2.75) is 39.7 Å². The number of carbonyl (C=O) groups excluding carboxylic acids is 2. The molecule has 0 aromatic carbocycles. The van der Waals surface area contributed by atoms with Gasteiger partial charge in [-0.1, -0.05) is 19.4 Å². The molecular formula is C12H18O4. The zero-order valence-electron chi connectivity index (χ0n) is 10.2. The molecule has 0 aliphatic heterocycles.